The maximum absolute atomic E-state index is 11.1. The molecule has 0 aliphatic heterocycles. The van der Waals surface area contributed by atoms with Gasteiger partial charge in [0.25, 0.3) is 0 Å². The second-order valence-electron chi connectivity index (χ2n) is 7.44. The molecule has 2 aliphatic carbocycles. The summed E-state index contributed by atoms with van der Waals surface area (Å²) in [5.41, 5.74) is 10.3. The average molecular weight is 281 g/mol. The van der Waals surface area contributed by atoms with Gasteiger partial charge in [0, 0.05) is 6.54 Å². The molecule has 0 radical (unpaired) electrons. The predicted molar refractivity (Wildman–Crippen MR) is 82.1 cm³/mol. The quantitative estimate of drug-likeness (QED) is 0.666. The van der Waals surface area contributed by atoms with Gasteiger partial charge in [0.05, 0.1) is 5.54 Å². The van der Waals surface area contributed by atoms with E-state index >= 15 is 0 Å². The molecule has 2 fully saturated rings. The van der Waals surface area contributed by atoms with Crippen LogP contribution in [0.4, 0.5) is 0 Å². The highest BCUT2D eigenvalue weighted by molar-refractivity contribution is 5.83. The van der Waals surface area contributed by atoms with E-state index in [1.807, 2.05) is 0 Å². The number of primary amides is 1. The first-order valence-electron chi connectivity index (χ1n) is 8.16. The van der Waals surface area contributed by atoms with Gasteiger partial charge < -0.3 is 16.4 Å². The summed E-state index contributed by atoms with van der Waals surface area (Å²) in [5, 5.41) is 0. The molecule has 0 aromatic carbocycles. The molecular weight excluding hydrogens is 250 g/mol. The van der Waals surface area contributed by atoms with Gasteiger partial charge >= 0.3 is 0 Å². The van der Waals surface area contributed by atoms with Crippen molar-refractivity contribution in [1.29, 1.82) is 0 Å². The Kier molecular flexibility index (Phi) is 5.08. The third-order valence-electron chi connectivity index (χ3n) is 5.48. The van der Waals surface area contributed by atoms with E-state index in [1.54, 1.807) is 6.92 Å². The molecule has 1 amide bonds. The highest BCUT2D eigenvalue weighted by Gasteiger charge is 2.39. The number of amides is 1. The minimum Gasteiger partial charge on any atom is -0.368 e. The molecule has 2 aliphatic rings. The van der Waals surface area contributed by atoms with Crippen molar-refractivity contribution < 1.29 is 4.79 Å². The van der Waals surface area contributed by atoms with Gasteiger partial charge in [0.1, 0.15) is 0 Å². The Hall–Kier alpha value is -0.610. The van der Waals surface area contributed by atoms with Crippen LogP contribution in [0.2, 0.25) is 0 Å². The van der Waals surface area contributed by atoms with Crippen molar-refractivity contribution in [3.05, 3.63) is 0 Å². The smallest absolute Gasteiger partial charge is 0.237 e. The Balaban J connectivity index is 1.59. The van der Waals surface area contributed by atoms with Gasteiger partial charge in [-0.1, -0.05) is 6.42 Å². The molecule has 0 saturated heterocycles. The van der Waals surface area contributed by atoms with Crippen LogP contribution in [0.15, 0.2) is 0 Å². The van der Waals surface area contributed by atoms with Gasteiger partial charge in [-0.05, 0) is 76.8 Å². The Morgan fingerprint density at radius 2 is 2.05 bits per heavy atom. The first kappa shape index (κ1) is 15.8. The number of hydrogen-bond acceptors (Lipinski definition) is 3. The SMILES string of the molecule is CN(CCCCC(C)(N)C(N)=O)CC1CC2CCC1C2. The summed E-state index contributed by atoms with van der Waals surface area (Å²) >= 11 is 0. The largest absolute Gasteiger partial charge is 0.368 e. The van der Waals surface area contributed by atoms with Crippen molar-refractivity contribution in [2.24, 2.45) is 29.2 Å². The van der Waals surface area contributed by atoms with Crippen molar-refractivity contribution in [2.75, 3.05) is 20.1 Å². The van der Waals surface area contributed by atoms with E-state index < -0.39 is 11.4 Å². The third-order valence-corrected chi connectivity index (χ3v) is 5.48. The standard InChI is InChI=1S/C16H31N3O/c1-16(18,15(17)20)7-3-4-8-19(2)11-14-10-12-5-6-13(14)9-12/h12-14H,3-11,18H2,1-2H3,(H2,17,20). The van der Waals surface area contributed by atoms with Crippen LogP contribution in [-0.2, 0) is 4.79 Å². The lowest BCUT2D eigenvalue weighted by Gasteiger charge is -2.27. The maximum Gasteiger partial charge on any atom is 0.237 e. The number of rotatable bonds is 8. The van der Waals surface area contributed by atoms with Crippen molar-refractivity contribution in [3.8, 4) is 0 Å². The average Bonchev–Trinajstić information content (AvgIpc) is 2.96. The summed E-state index contributed by atoms with van der Waals surface area (Å²) in [6, 6.07) is 0. The second kappa shape index (κ2) is 6.44. The van der Waals surface area contributed by atoms with Crippen molar-refractivity contribution in [3.63, 3.8) is 0 Å². The lowest BCUT2D eigenvalue weighted by Crippen LogP contribution is -2.49. The molecule has 4 N–H and O–H groups in total. The lowest BCUT2D eigenvalue weighted by molar-refractivity contribution is -0.122. The molecular formula is C16H31N3O. The molecule has 0 aromatic heterocycles. The Bertz CT molecular complexity index is 343. The van der Waals surface area contributed by atoms with Crippen molar-refractivity contribution in [1.82, 2.24) is 4.90 Å². The molecule has 116 valence electrons. The highest BCUT2D eigenvalue weighted by Crippen LogP contribution is 2.48. The fourth-order valence-electron chi connectivity index (χ4n) is 4.09. The number of hydrogen-bond donors (Lipinski definition) is 2. The summed E-state index contributed by atoms with van der Waals surface area (Å²) in [6.45, 7) is 4.08. The van der Waals surface area contributed by atoms with Crippen LogP contribution < -0.4 is 11.5 Å². The van der Waals surface area contributed by atoms with Crippen LogP contribution in [0, 0.1) is 17.8 Å². The zero-order valence-corrected chi connectivity index (χ0v) is 13.1. The molecule has 4 unspecified atom stereocenters. The molecule has 0 aromatic rings. The molecule has 0 heterocycles. The number of unbranched alkanes of at least 4 members (excludes halogenated alkanes) is 1. The first-order chi connectivity index (χ1) is 9.38. The molecule has 0 spiro atoms. The number of fused-ring (bicyclic) bond motifs is 2. The van der Waals surface area contributed by atoms with E-state index in [4.69, 9.17) is 11.5 Å². The van der Waals surface area contributed by atoms with Crippen LogP contribution in [0.3, 0.4) is 0 Å². The Morgan fingerprint density at radius 1 is 1.30 bits per heavy atom. The van der Waals surface area contributed by atoms with E-state index in [-0.39, 0.29) is 0 Å². The van der Waals surface area contributed by atoms with Gasteiger partial charge in [-0.3, -0.25) is 4.79 Å². The fraction of sp³-hybridized carbons (Fsp3) is 0.938. The molecule has 2 bridgehead atoms. The summed E-state index contributed by atoms with van der Waals surface area (Å²) in [6.07, 6.45) is 8.64. The molecule has 4 atom stereocenters. The molecule has 2 saturated carbocycles. The van der Waals surface area contributed by atoms with Crippen molar-refractivity contribution >= 4 is 5.91 Å². The van der Waals surface area contributed by atoms with E-state index in [0.717, 1.165) is 37.1 Å². The minimum absolute atomic E-state index is 0.396. The van der Waals surface area contributed by atoms with Crippen molar-refractivity contribution in [2.45, 2.75) is 57.4 Å². The molecule has 20 heavy (non-hydrogen) atoms. The van der Waals surface area contributed by atoms with Crippen LogP contribution in [0.1, 0.15) is 51.9 Å². The number of carbonyl (C=O) groups is 1. The van der Waals surface area contributed by atoms with Gasteiger partial charge in [0.2, 0.25) is 5.91 Å². The monoisotopic (exact) mass is 281 g/mol. The van der Waals surface area contributed by atoms with E-state index in [0.29, 0.717) is 6.42 Å². The van der Waals surface area contributed by atoms with Crippen LogP contribution >= 0.6 is 0 Å². The minimum atomic E-state index is -0.844. The lowest BCUT2D eigenvalue weighted by atomic mass is 9.88. The van der Waals surface area contributed by atoms with Gasteiger partial charge in [-0.25, -0.2) is 0 Å². The third kappa shape index (κ3) is 3.95. The van der Waals surface area contributed by atoms with Crippen LogP contribution in [-0.4, -0.2) is 36.5 Å². The first-order valence-corrected chi connectivity index (χ1v) is 8.16. The van der Waals surface area contributed by atoms with Gasteiger partial charge in [0.15, 0.2) is 0 Å². The van der Waals surface area contributed by atoms with Gasteiger partial charge in [-0.15, -0.1) is 0 Å². The zero-order valence-electron chi connectivity index (χ0n) is 13.1. The number of carbonyl (C=O) groups excluding carboxylic acids is 1. The molecule has 4 heteroatoms. The topological polar surface area (TPSA) is 72.3 Å². The van der Waals surface area contributed by atoms with Crippen LogP contribution in [0.25, 0.3) is 0 Å². The normalized spacial score (nSPS) is 31.7. The zero-order chi connectivity index (χ0) is 14.8. The number of nitrogens with two attached hydrogens (primary N) is 2. The molecule has 2 rings (SSSR count). The second-order valence-corrected chi connectivity index (χ2v) is 7.44. The summed E-state index contributed by atoms with van der Waals surface area (Å²) in [4.78, 5) is 13.6. The Labute approximate surface area is 123 Å². The van der Waals surface area contributed by atoms with E-state index in [1.165, 1.54) is 32.2 Å². The van der Waals surface area contributed by atoms with Gasteiger partial charge in [-0.2, -0.15) is 0 Å². The summed E-state index contributed by atoms with van der Waals surface area (Å²) in [7, 11) is 2.22. The van der Waals surface area contributed by atoms with E-state index in [2.05, 4.69) is 11.9 Å². The molecule has 4 nitrogen and oxygen atoms in total. The van der Waals surface area contributed by atoms with Crippen LogP contribution in [0.5, 0.6) is 0 Å². The Morgan fingerprint density at radius 3 is 2.60 bits per heavy atom. The number of nitrogens with zero attached hydrogens (tertiary/aromatic N) is 1. The summed E-state index contributed by atoms with van der Waals surface area (Å²) in [5.74, 6) is 2.58. The fourth-order valence-corrected chi connectivity index (χ4v) is 4.09. The maximum atomic E-state index is 11.1. The summed E-state index contributed by atoms with van der Waals surface area (Å²) < 4.78 is 0. The van der Waals surface area contributed by atoms with E-state index in [9.17, 15) is 4.79 Å². The predicted octanol–water partition coefficient (Wildman–Crippen LogP) is 1.73. The highest BCUT2D eigenvalue weighted by atomic mass is 16.1.